The van der Waals surface area contributed by atoms with Crippen LogP contribution in [0.4, 0.5) is 17.6 Å². The van der Waals surface area contributed by atoms with E-state index in [1.165, 1.54) is 18.5 Å². The molecule has 38 heavy (non-hydrogen) atoms. The highest BCUT2D eigenvalue weighted by atomic mass is 19.4. The molecule has 4 aromatic rings. The summed E-state index contributed by atoms with van der Waals surface area (Å²) < 4.78 is 52.3. The van der Waals surface area contributed by atoms with Crippen molar-refractivity contribution in [3.8, 4) is 22.5 Å². The smallest absolute Gasteiger partial charge is 0.475 e. The molecule has 5 rings (SSSR count). The molecule has 0 atom stereocenters. The standard InChI is InChI=1S/C24H23FN4O2.C2HF3O2/c1-27-9-2-10-28(12-11-27)24(30)21-13-20-8-5-18(17-3-6-19(25)7-4-17)14-29(20)23(21)22-15-31-16-26-22;3-2(4,5)1(6)7/h3-8,13-16H,2,9-12H2,1H3;(H,6,7). The number of carbonyl (C=O) groups excluding carboxylic acids is 1. The van der Waals surface area contributed by atoms with Crippen molar-refractivity contribution in [3.63, 3.8) is 0 Å². The molecule has 4 heterocycles. The van der Waals surface area contributed by atoms with Crippen LogP contribution in [0.3, 0.4) is 0 Å². The lowest BCUT2D eigenvalue weighted by Crippen LogP contribution is -2.34. The molecule has 8 nitrogen and oxygen atoms in total. The van der Waals surface area contributed by atoms with Gasteiger partial charge in [-0.25, -0.2) is 14.2 Å². The van der Waals surface area contributed by atoms with Crippen LogP contribution in [0.1, 0.15) is 16.8 Å². The van der Waals surface area contributed by atoms with Crippen molar-refractivity contribution in [2.75, 3.05) is 33.2 Å². The highest BCUT2D eigenvalue weighted by molar-refractivity contribution is 6.02. The summed E-state index contributed by atoms with van der Waals surface area (Å²) in [5, 5.41) is 7.12. The molecule has 0 radical (unpaired) electrons. The van der Waals surface area contributed by atoms with Crippen LogP contribution in [-0.2, 0) is 4.79 Å². The number of oxazole rings is 1. The number of aliphatic carboxylic acids is 1. The second-order valence-corrected chi connectivity index (χ2v) is 8.75. The topological polar surface area (TPSA) is 91.3 Å². The third-order valence-corrected chi connectivity index (χ3v) is 6.10. The van der Waals surface area contributed by atoms with E-state index in [-0.39, 0.29) is 11.7 Å². The number of carbonyl (C=O) groups is 2. The number of halogens is 4. The van der Waals surface area contributed by atoms with Gasteiger partial charge in [-0.05, 0) is 55.4 Å². The quantitative estimate of drug-likeness (QED) is 0.381. The SMILES string of the molecule is CN1CCCN(C(=O)c2cc3ccc(-c4ccc(F)cc4)cn3c2-c2cocn2)CC1.O=C(O)C(F)(F)F. The summed E-state index contributed by atoms with van der Waals surface area (Å²) in [5.74, 6) is -3.03. The largest absolute Gasteiger partial charge is 0.490 e. The molecule has 1 aliphatic heterocycles. The lowest BCUT2D eigenvalue weighted by molar-refractivity contribution is -0.192. The predicted molar refractivity (Wildman–Crippen MR) is 130 cm³/mol. The zero-order chi connectivity index (χ0) is 27.4. The molecule has 1 saturated heterocycles. The number of carboxylic acid groups (broad SMARTS) is 1. The van der Waals surface area contributed by atoms with Crippen LogP contribution in [0.2, 0.25) is 0 Å². The van der Waals surface area contributed by atoms with E-state index >= 15 is 0 Å². The minimum Gasteiger partial charge on any atom is -0.475 e. The van der Waals surface area contributed by atoms with Gasteiger partial charge in [0, 0.05) is 31.3 Å². The minimum absolute atomic E-state index is 0.000308. The fourth-order valence-electron chi connectivity index (χ4n) is 4.16. The minimum atomic E-state index is -5.08. The van der Waals surface area contributed by atoms with Gasteiger partial charge in [-0.2, -0.15) is 13.2 Å². The number of carboxylic acids is 1. The van der Waals surface area contributed by atoms with Crippen LogP contribution in [0.15, 0.2) is 65.7 Å². The Morgan fingerprint density at radius 3 is 2.32 bits per heavy atom. The maximum Gasteiger partial charge on any atom is 0.490 e. The van der Waals surface area contributed by atoms with Crippen LogP contribution in [0, 0.1) is 5.82 Å². The van der Waals surface area contributed by atoms with E-state index in [0.29, 0.717) is 23.5 Å². The summed E-state index contributed by atoms with van der Waals surface area (Å²) in [7, 11) is 2.08. The number of rotatable bonds is 3. The Morgan fingerprint density at radius 1 is 1.00 bits per heavy atom. The first-order chi connectivity index (χ1) is 18.0. The maximum absolute atomic E-state index is 13.5. The van der Waals surface area contributed by atoms with E-state index in [9.17, 15) is 22.4 Å². The van der Waals surface area contributed by atoms with Crippen LogP contribution >= 0.6 is 0 Å². The van der Waals surface area contributed by atoms with Crippen molar-refractivity contribution < 1.29 is 36.7 Å². The molecule has 0 saturated carbocycles. The van der Waals surface area contributed by atoms with Crippen molar-refractivity contribution in [2.45, 2.75) is 12.6 Å². The molecule has 1 aliphatic rings. The van der Waals surface area contributed by atoms with Gasteiger partial charge in [0.15, 0.2) is 6.39 Å². The van der Waals surface area contributed by atoms with E-state index in [1.54, 1.807) is 18.4 Å². The molecular formula is C26H24F4N4O4. The van der Waals surface area contributed by atoms with Gasteiger partial charge in [0.1, 0.15) is 17.8 Å². The molecule has 0 unspecified atom stereocenters. The number of hydrogen-bond donors (Lipinski definition) is 1. The van der Waals surface area contributed by atoms with E-state index in [4.69, 9.17) is 14.3 Å². The maximum atomic E-state index is 13.5. The lowest BCUT2D eigenvalue weighted by atomic mass is 10.1. The third kappa shape index (κ3) is 6.02. The number of aromatic nitrogens is 2. The fraction of sp³-hybridized carbons (Fsp3) is 0.269. The van der Waals surface area contributed by atoms with E-state index < -0.39 is 12.1 Å². The molecule has 1 aromatic carbocycles. The van der Waals surface area contributed by atoms with Crippen molar-refractivity contribution in [2.24, 2.45) is 0 Å². The first-order valence-corrected chi connectivity index (χ1v) is 11.6. The average molecular weight is 532 g/mol. The van der Waals surface area contributed by atoms with E-state index in [2.05, 4.69) is 16.9 Å². The van der Waals surface area contributed by atoms with E-state index in [1.807, 2.05) is 33.7 Å². The number of benzene rings is 1. The summed E-state index contributed by atoms with van der Waals surface area (Å²) in [6, 6.07) is 12.2. The van der Waals surface area contributed by atoms with Crippen LogP contribution in [0.5, 0.6) is 0 Å². The zero-order valence-electron chi connectivity index (χ0n) is 20.3. The number of nitrogens with zero attached hydrogens (tertiary/aromatic N) is 4. The van der Waals surface area contributed by atoms with Gasteiger partial charge in [0.05, 0.1) is 11.3 Å². The summed E-state index contributed by atoms with van der Waals surface area (Å²) in [4.78, 5) is 30.9. The van der Waals surface area contributed by atoms with Crippen molar-refractivity contribution >= 4 is 17.4 Å². The van der Waals surface area contributed by atoms with Gasteiger partial charge in [-0.3, -0.25) is 4.79 Å². The first-order valence-electron chi connectivity index (χ1n) is 11.6. The number of likely N-dealkylation sites (N-methyl/N-ethyl adjacent to an activating group) is 1. The second kappa shape index (κ2) is 11.1. The van der Waals surface area contributed by atoms with Gasteiger partial charge in [-0.1, -0.05) is 18.2 Å². The third-order valence-electron chi connectivity index (χ3n) is 6.10. The number of amides is 1. The highest BCUT2D eigenvalue weighted by Crippen LogP contribution is 2.30. The second-order valence-electron chi connectivity index (χ2n) is 8.75. The fourth-order valence-corrected chi connectivity index (χ4v) is 4.16. The predicted octanol–water partition coefficient (Wildman–Crippen LogP) is 4.81. The lowest BCUT2D eigenvalue weighted by Gasteiger charge is -2.20. The monoisotopic (exact) mass is 532 g/mol. The van der Waals surface area contributed by atoms with Crippen molar-refractivity contribution in [1.82, 2.24) is 19.2 Å². The Kier molecular flexibility index (Phi) is 7.81. The molecule has 200 valence electrons. The van der Waals surface area contributed by atoms with Crippen molar-refractivity contribution in [1.29, 1.82) is 0 Å². The summed E-state index contributed by atoms with van der Waals surface area (Å²) in [5.41, 5.74) is 4.62. The van der Waals surface area contributed by atoms with E-state index in [0.717, 1.165) is 42.7 Å². The molecule has 3 aromatic heterocycles. The normalized spacial score (nSPS) is 14.6. The van der Waals surface area contributed by atoms with Crippen LogP contribution in [0.25, 0.3) is 28.0 Å². The molecule has 0 aliphatic carbocycles. The van der Waals surface area contributed by atoms with Gasteiger partial charge < -0.3 is 23.7 Å². The molecule has 1 N–H and O–H groups in total. The zero-order valence-corrected chi connectivity index (χ0v) is 20.3. The molecular weight excluding hydrogens is 508 g/mol. The summed E-state index contributed by atoms with van der Waals surface area (Å²) >= 11 is 0. The number of fused-ring (bicyclic) bond motifs is 1. The van der Waals surface area contributed by atoms with Crippen molar-refractivity contribution in [3.05, 3.63) is 72.7 Å². The molecule has 0 bridgehead atoms. The average Bonchev–Trinajstić information content (AvgIpc) is 3.47. The van der Waals surface area contributed by atoms with Gasteiger partial charge in [-0.15, -0.1) is 0 Å². The summed E-state index contributed by atoms with van der Waals surface area (Å²) in [6.07, 6.45) is 0.746. The molecule has 12 heteroatoms. The number of pyridine rings is 1. The van der Waals surface area contributed by atoms with Gasteiger partial charge in [0.25, 0.3) is 5.91 Å². The highest BCUT2D eigenvalue weighted by Gasteiger charge is 2.38. The molecule has 0 spiro atoms. The number of hydrogen-bond acceptors (Lipinski definition) is 5. The molecule has 1 amide bonds. The van der Waals surface area contributed by atoms with Gasteiger partial charge in [0.2, 0.25) is 0 Å². The van der Waals surface area contributed by atoms with Crippen LogP contribution in [-0.4, -0.2) is 75.6 Å². The Labute approximate surface area is 214 Å². The van der Waals surface area contributed by atoms with Crippen LogP contribution < -0.4 is 0 Å². The first kappa shape index (κ1) is 26.9. The Bertz CT molecular complexity index is 1420. The number of alkyl halides is 3. The van der Waals surface area contributed by atoms with Gasteiger partial charge >= 0.3 is 12.1 Å². The summed E-state index contributed by atoms with van der Waals surface area (Å²) in [6.45, 7) is 3.26. The Balaban J connectivity index is 0.000000426. The molecule has 1 fully saturated rings. The Morgan fingerprint density at radius 2 is 1.68 bits per heavy atom. The Hall–Kier alpha value is -4.19.